The fourth-order valence-electron chi connectivity index (χ4n) is 3.55. The standard InChI is InChI=1S/C21H33N5S2/c1-4-20-25-19(15-28-20)13-26-8-5-17(6-9-26)12-24-21(22-3)23-11-16(2)18-7-10-27-14-18/h7,10,14-17H,4-6,8-9,11-13H2,1-3H3,(H2,22,23,24). The second-order valence-electron chi connectivity index (χ2n) is 7.60. The molecule has 3 heterocycles. The molecule has 0 amide bonds. The normalized spacial score (nSPS) is 17.6. The second-order valence-corrected chi connectivity index (χ2v) is 9.32. The van der Waals surface area contributed by atoms with E-state index in [9.17, 15) is 0 Å². The van der Waals surface area contributed by atoms with Gasteiger partial charge in [0.15, 0.2) is 5.96 Å². The van der Waals surface area contributed by atoms with Crippen LogP contribution in [0.25, 0.3) is 0 Å². The van der Waals surface area contributed by atoms with Crippen LogP contribution >= 0.6 is 22.7 Å². The Hall–Kier alpha value is -1.44. The van der Waals surface area contributed by atoms with Gasteiger partial charge < -0.3 is 10.6 Å². The minimum Gasteiger partial charge on any atom is -0.356 e. The van der Waals surface area contributed by atoms with E-state index in [2.05, 4.69) is 56.6 Å². The summed E-state index contributed by atoms with van der Waals surface area (Å²) < 4.78 is 0. The molecule has 0 saturated carbocycles. The molecule has 0 spiro atoms. The van der Waals surface area contributed by atoms with Gasteiger partial charge in [-0.15, -0.1) is 11.3 Å². The fourth-order valence-corrected chi connectivity index (χ4v) is 5.06. The average molecular weight is 420 g/mol. The number of aromatic nitrogens is 1. The van der Waals surface area contributed by atoms with Crippen molar-refractivity contribution >= 4 is 28.6 Å². The van der Waals surface area contributed by atoms with Crippen LogP contribution in [0.4, 0.5) is 0 Å². The van der Waals surface area contributed by atoms with Gasteiger partial charge in [-0.05, 0) is 66.6 Å². The molecular weight excluding hydrogens is 386 g/mol. The van der Waals surface area contributed by atoms with E-state index >= 15 is 0 Å². The molecule has 154 valence electrons. The minimum absolute atomic E-state index is 0.493. The van der Waals surface area contributed by atoms with Gasteiger partial charge in [0.1, 0.15) is 0 Å². The van der Waals surface area contributed by atoms with Crippen molar-refractivity contribution in [2.45, 2.75) is 45.6 Å². The molecule has 7 heteroatoms. The van der Waals surface area contributed by atoms with Crippen LogP contribution in [0.2, 0.25) is 0 Å². The number of piperidine rings is 1. The number of likely N-dealkylation sites (tertiary alicyclic amines) is 1. The summed E-state index contributed by atoms with van der Waals surface area (Å²) >= 11 is 3.55. The van der Waals surface area contributed by atoms with Crippen molar-refractivity contribution < 1.29 is 0 Å². The van der Waals surface area contributed by atoms with E-state index in [1.165, 1.54) is 29.1 Å². The first kappa shape index (κ1) is 21.3. The Balaban J connectivity index is 1.34. The van der Waals surface area contributed by atoms with E-state index in [1.807, 2.05) is 7.05 Å². The van der Waals surface area contributed by atoms with Crippen molar-refractivity contribution in [3.05, 3.63) is 38.5 Å². The third-order valence-corrected chi connectivity index (χ3v) is 7.21. The SMILES string of the molecule is CCc1nc(CN2CCC(CNC(=NC)NCC(C)c3ccsc3)CC2)cs1. The Bertz CT molecular complexity index is 717. The van der Waals surface area contributed by atoms with Crippen molar-refractivity contribution in [1.29, 1.82) is 0 Å². The van der Waals surface area contributed by atoms with Gasteiger partial charge in [-0.3, -0.25) is 9.89 Å². The maximum atomic E-state index is 4.71. The van der Waals surface area contributed by atoms with Gasteiger partial charge in [-0.25, -0.2) is 4.98 Å². The third-order valence-electron chi connectivity index (χ3n) is 5.46. The Morgan fingerprint density at radius 2 is 2.14 bits per heavy atom. The fraction of sp³-hybridized carbons (Fsp3) is 0.619. The molecule has 0 bridgehead atoms. The molecule has 1 aliphatic heterocycles. The molecule has 0 aliphatic carbocycles. The average Bonchev–Trinajstić information content (AvgIpc) is 3.41. The zero-order valence-corrected chi connectivity index (χ0v) is 18.9. The third kappa shape index (κ3) is 6.29. The zero-order valence-electron chi connectivity index (χ0n) is 17.3. The Morgan fingerprint density at radius 1 is 1.32 bits per heavy atom. The number of thiazole rings is 1. The van der Waals surface area contributed by atoms with Crippen molar-refractivity contribution in [2.24, 2.45) is 10.9 Å². The maximum Gasteiger partial charge on any atom is 0.191 e. The highest BCUT2D eigenvalue weighted by molar-refractivity contribution is 7.09. The van der Waals surface area contributed by atoms with E-state index in [0.29, 0.717) is 11.8 Å². The first-order chi connectivity index (χ1) is 13.7. The lowest BCUT2D eigenvalue weighted by Gasteiger charge is -2.31. The predicted molar refractivity (Wildman–Crippen MR) is 122 cm³/mol. The molecule has 2 aromatic heterocycles. The molecule has 1 fully saturated rings. The molecule has 2 aromatic rings. The number of nitrogens with one attached hydrogen (secondary N) is 2. The molecule has 2 N–H and O–H groups in total. The largest absolute Gasteiger partial charge is 0.356 e. The van der Waals surface area contributed by atoms with Crippen LogP contribution in [-0.4, -0.2) is 49.1 Å². The highest BCUT2D eigenvalue weighted by Gasteiger charge is 2.20. The summed E-state index contributed by atoms with van der Waals surface area (Å²) in [4.78, 5) is 11.6. The molecule has 1 atom stereocenters. The molecule has 0 radical (unpaired) electrons. The Labute approximate surface area is 177 Å². The van der Waals surface area contributed by atoms with Crippen LogP contribution in [0.5, 0.6) is 0 Å². The molecular formula is C21H33N5S2. The van der Waals surface area contributed by atoms with Gasteiger partial charge in [0.2, 0.25) is 0 Å². The molecule has 0 aromatic carbocycles. The van der Waals surface area contributed by atoms with Crippen LogP contribution in [0, 0.1) is 5.92 Å². The summed E-state index contributed by atoms with van der Waals surface area (Å²) in [6, 6.07) is 2.20. The van der Waals surface area contributed by atoms with E-state index in [0.717, 1.165) is 45.1 Å². The van der Waals surface area contributed by atoms with Gasteiger partial charge in [-0.2, -0.15) is 11.3 Å². The number of hydrogen-bond donors (Lipinski definition) is 2. The summed E-state index contributed by atoms with van der Waals surface area (Å²) in [5.74, 6) is 2.12. The molecule has 5 nitrogen and oxygen atoms in total. The predicted octanol–water partition coefficient (Wildman–Crippen LogP) is 3.95. The van der Waals surface area contributed by atoms with Crippen LogP contribution < -0.4 is 10.6 Å². The first-order valence-corrected chi connectivity index (χ1v) is 12.1. The lowest BCUT2D eigenvalue weighted by Crippen LogP contribution is -2.43. The van der Waals surface area contributed by atoms with Crippen LogP contribution in [0.3, 0.4) is 0 Å². The molecule has 28 heavy (non-hydrogen) atoms. The van der Waals surface area contributed by atoms with Gasteiger partial charge in [0, 0.05) is 32.1 Å². The van der Waals surface area contributed by atoms with Crippen molar-refractivity contribution in [3.8, 4) is 0 Å². The molecule has 3 rings (SSSR count). The van der Waals surface area contributed by atoms with Crippen molar-refractivity contribution in [2.75, 3.05) is 33.2 Å². The van der Waals surface area contributed by atoms with E-state index in [1.54, 1.807) is 22.7 Å². The number of aryl methyl sites for hydroxylation is 1. The molecule has 1 unspecified atom stereocenters. The van der Waals surface area contributed by atoms with Gasteiger partial charge in [-0.1, -0.05) is 13.8 Å². The Kier molecular flexibility index (Phi) is 8.30. The van der Waals surface area contributed by atoms with Crippen LogP contribution in [0.15, 0.2) is 27.2 Å². The summed E-state index contributed by atoms with van der Waals surface area (Å²) in [6.45, 7) is 9.65. The smallest absolute Gasteiger partial charge is 0.191 e. The summed E-state index contributed by atoms with van der Waals surface area (Å²) in [7, 11) is 1.85. The first-order valence-electron chi connectivity index (χ1n) is 10.3. The lowest BCUT2D eigenvalue weighted by atomic mass is 9.97. The topological polar surface area (TPSA) is 52.6 Å². The number of aliphatic imine (C=N–C) groups is 1. The summed E-state index contributed by atoms with van der Waals surface area (Å²) in [6.07, 6.45) is 3.51. The highest BCUT2D eigenvalue weighted by Crippen LogP contribution is 2.20. The van der Waals surface area contributed by atoms with Crippen LogP contribution in [0.1, 0.15) is 48.9 Å². The maximum absolute atomic E-state index is 4.71. The summed E-state index contributed by atoms with van der Waals surface area (Å²) in [5, 5.41) is 14.8. The number of thiophene rings is 1. The van der Waals surface area contributed by atoms with Crippen molar-refractivity contribution in [3.63, 3.8) is 0 Å². The quantitative estimate of drug-likeness (QED) is 0.502. The highest BCUT2D eigenvalue weighted by atomic mass is 32.1. The van der Waals surface area contributed by atoms with Crippen LogP contribution in [-0.2, 0) is 13.0 Å². The van der Waals surface area contributed by atoms with E-state index < -0.39 is 0 Å². The van der Waals surface area contributed by atoms with E-state index in [-0.39, 0.29) is 0 Å². The van der Waals surface area contributed by atoms with E-state index in [4.69, 9.17) is 4.98 Å². The summed E-state index contributed by atoms with van der Waals surface area (Å²) in [5.41, 5.74) is 2.63. The van der Waals surface area contributed by atoms with Gasteiger partial charge in [0.25, 0.3) is 0 Å². The number of hydrogen-bond acceptors (Lipinski definition) is 5. The number of nitrogens with zero attached hydrogens (tertiary/aromatic N) is 3. The monoisotopic (exact) mass is 419 g/mol. The van der Waals surface area contributed by atoms with Crippen molar-refractivity contribution in [1.82, 2.24) is 20.5 Å². The molecule has 1 saturated heterocycles. The molecule has 1 aliphatic rings. The zero-order chi connectivity index (χ0) is 19.8. The number of rotatable bonds is 8. The second kappa shape index (κ2) is 10.9. The number of guanidine groups is 1. The van der Waals surface area contributed by atoms with Gasteiger partial charge >= 0.3 is 0 Å². The lowest BCUT2D eigenvalue weighted by molar-refractivity contribution is 0.176. The Morgan fingerprint density at radius 3 is 2.79 bits per heavy atom. The van der Waals surface area contributed by atoms with Gasteiger partial charge in [0.05, 0.1) is 10.7 Å². The minimum atomic E-state index is 0.493.